The molecule has 1 fully saturated rings. The third-order valence-corrected chi connectivity index (χ3v) is 6.95. The fourth-order valence-electron chi connectivity index (χ4n) is 3.86. The van der Waals surface area contributed by atoms with Gasteiger partial charge in [0.05, 0.1) is 22.0 Å². The molecular weight excluding hydrogens is 413 g/mol. The minimum atomic E-state index is -4.56. The van der Waals surface area contributed by atoms with Crippen LogP contribution in [0.2, 0.25) is 0 Å². The molecule has 3 nitrogen and oxygen atoms in total. The lowest BCUT2D eigenvalue weighted by molar-refractivity contribution is -0.138. The van der Waals surface area contributed by atoms with Crippen LogP contribution in [0.3, 0.4) is 0 Å². The van der Waals surface area contributed by atoms with Gasteiger partial charge >= 0.3 is 6.18 Å². The highest BCUT2D eigenvalue weighted by atomic mass is 32.2. The van der Waals surface area contributed by atoms with E-state index in [0.717, 1.165) is 22.9 Å². The maximum absolute atomic E-state index is 13.7. The SMILES string of the molecule is COC1(c2cc(S(=O)c3ccc4ccccc4c3)cc(C(F)(F)F)c2)CCOCC1. The van der Waals surface area contributed by atoms with Crippen molar-refractivity contribution >= 4 is 21.6 Å². The van der Waals surface area contributed by atoms with E-state index in [1.807, 2.05) is 30.3 Å². The molecule has 3 aromatic carbocycles. The van der Waals surface area contributed by atoms with E-state index in [0.29, 0.717) is 36.5 Å². The normalized spacial score (nSPS) is 17.7. The van der Waals surface area contributed by atoms with Crippen molar-refractivity contribution in [2.75, 3.05) is 20.3 Å². The third-order valence-electron chi connectivity index (χ3n) is 5.60. The van der Waals surface area contributed by atoms with Crippen LogP contribution in [0.25, 0.3) is 10.8 Å². The summed E-state index contributed by atoms with van der Waals surface area (Å²) in [5, 5.41) is 1.86. The predicted octanol–water partition coefficient (Wildman–Crippen LogP) is 5.68. The van der Waals surface area contributed by atoms with Crippen LogP contribution in [0.15, 0.2) is 70.5 Å². The van der Waals surface area contributed by atoms with Gasteiger partial charge in [-0.25, -0.2) is 4.21 Å². The molecule has 1 unspecified atom stereocenters. The van der Waals surface area contributed by atoms with Crippen LogP contribution in [0.5, 0.6) is 0 Å². The lowest BCUT2D eigenvalue weighted by atomic mass is 9.85. The molecule has 0 amide bonds. The molecule has 0 saturated carbocycles. The number of hydrogen-bond donors (Lipinski definition) is 0. The zero-order valence-electron chi connectivity index (χ0n) is 16.4. The van der Waals surface area contributed by atoms with Crippen molar-refractivity contribution in [3.05, 3.63) is 71.8 Å². The van der Waals surface area contributed by atoms with Crippen molar-refractivity contribution in [3.8, 4) is 0 Å². The minimum Gasteiger partial charge on any atom is -0.381 e. The summed E-state index contributed by atoms with van der Waals surface area (Å²) in [4.78, 5) is 0.565. The first-order valence-electron chi connectivity index (χ1n) is 9.59. The highest BCUT2D eigenvalue weighted by Crippen LogP contribution is 2.40. The number of rotatable bonds is 4. The second-order valence-electron chi connectivity index (χ2n) is 7.33. The molecule has 0 bridgehead atoms. The highest BCUT2D eigenvalue weighted by Gasteiger charge is 2.38. The number of methoxy groups -OCH3 is 1. The van der Waals surface area contributed by atoms with Gasteiger partial charge in [0, 0.05) is 43.0 Å². The second-order valence-corrected chi connectivity index (χ2v) is 8.81. The summed E-state index contributed by atoms with van der Waals surface area (Å²) < 4.78 is 65.3. The Morgan fingerprint density at radius 3 is 2.30 bits per heavy atom. The van der Waals surface area contributed by atoms with E-state index in [1.54, 1.807) is 18.2 Å². The first-order valence-corrected chi connectivity index (χ1v) is 10.7. The van der Waals surface area contributed by atoms with Gasteiger partial charge in [0.1, 0.15) is 0 Å². The van der Waals surface area contributed by atoms with Gasteiger partial charge in [-0.3, -0.25) is 0 Å². The van der Waals surface area contributed by atoms with Gasteiger partial charge in [0.2, 0.25) is 0 Å². The summed E-state index contributed by atoms with van der Waals surface area (Å²) in [6.45, 7) is 0.792. The van der Waals surface area contributed by atoms with Crippen LogP contribution in [0.1, 0.15) is 24.0 Å². The summed E-state index contributed by atoms with van der Waals surface area (Å²) in [6, 6.07) is 16.5. The predicted molar refractivity (Wildman–Crippen MR) is 109 cm³/mol. The smallest absolute Gasteiger partial charge is 0.381 e. The number of fused-ring (bicyclic) bond motifs is 1. The molecule has 1 atom stereocenters. The molecule has 0 radical (unpaired) electrons. The standard InChI is InChI=1S/C23H21F3O3S/c1-28-22(8-10-29-11-9-22)18-13-19(23(24,25)26)15-21(14-18)30(27)20-7-6-16-4-2-3-5-17(16)12-20/h2-7,12-15H,8-11H2,1H3. The van der Waals surface area contributed by atoms with Crippen LogP contribution < -0.4 is 0 Å². The molecular formula is C23H21F3O3S. The van der Waals surface area contributed by atoms with E-state index < -0.39 is 28.1 Å². The maximum Gasteiger partial charge on any atom is 0.416 e. The number of ether oxygens (including phenoxy) is 2. The molecule has 1 heterocycles. The Hall–Kier alpha value is -2.22. The molecule has 0 spiro atoms. The van der Waals surface area contributed by atoms with Gasteiger partial charge < -0.3 is 9.47 Å². The molecule has 0 N–H and O–H groups in total. The van der Waals surface area contributed by atoms with E-state index in [1.165, 1.54) is 7.11 Å². The van der Waals surface area contributed by atoms with Crippen molar-refractivity contribution in [2.24, 2.45) is 0 Å². The summed E-state index contributed by atoms with van der Waals surface area (Å²) in [5.41, 5.74) is -1.33. The van der Waals surface area contributed by atoms with Gasteiger partial charge in [-0.2, -0.15) is 13.2 Å². The summed E-state index contributed by atoms with van der Waals surface area (Å²) in [7, 11) is -0.278. The van der Waals surface area contributed by atoms with Crippen LogP contribution >= 0.6 is 0 Å². The molecule has 1 aliphatic rings. The molecule has 0 aliphatic carbocycles. The number of halogens is 3. The van der Waals surface area contributed by atoms with Gasteiger partial charge in [-0.1, -0.05) is 30.3 Å². The van der Waals surface area contributed by atoms with Crippen LogP contribution in [0, 0.1) is 0 Å². The summed E-state index contributed by atoms with van der Waals surface area (Å²) in [5.74, 6) is 0. The van der Waals surface area contributed by atoms with Crippen LogP contribution in [-0.4, -0.2) is 24.5 Å². The fourth-order valence-corrected chi connectivity index (χ4v) is 5.03. The van der Waals surface area contributed by atoms with Crippen LogP contribution in [-0.2, 0) is 32.1 Å². The molecule has 0 aromatic heterocycles. The van der Waals surface area contributed by atoms with Crippen molar-refractivity contribution in [1.29, 1.82) is 0 Å². The average Bonchev–Trinajstić information content (AvgIpc) is 2.77. The average molecular weight is 434 g/mol. The lowest BCUT2D eigenvalue weighted by Crippen LogP contribution is -2.36. The largest absolute Gasteiger partial charge is 0.416 e. The van der Waals surface area contributed by atoms with E-state index in [-0.39, 0.29) is 4.90 Å². The summed E-state index contributed by atoms with van der Waals surface area (Å²) >= 11 is 0. The zero-order valence-corrected chi connectivity index (χ0v) is 17.2. The first kappa shape index (κ1) is 21.0. The molecule has 158 valence electrons. The van der Waals surface area contributed by atoms with Crippen molar-refractivity contribution in [1.82, 2.24) is 0 Å². The Bertz CT molecular complexity index is 1090. The monoisotopic (exact) mass is 434 g/mol. The Morgan fingerprint density at radius 1 is 0.933 bits per heavy atom. The van der Waals surface area contributed by atoms with Gasteiger partial charge in [0.25, 0.3) is 0 Å². The zero-order chi connectivity index (χ0) is 21.4. The Labute approximate surface area is 175 Å². The van der Waals surface area contributed by atoms with E-state index in [9.17, 15) is 17.4 Å². The number of hydrogen-bond acceptors (Lipinski definition) is 3. The third kappa shape index (κ3) is 4.02. The van der Waals surface area contributed by atoms with Crippen molar-refractivity contribution in [2.45, 2.75) is 34.4 Å². The van der Waals surface area contributed by atoms with E-state index in [4.69, 9.17) is 9.47 Å². The Morgan fingerprint density at radius 2 is 1.63 bits per heavy atom. The highest BCUT2D eigenvalue weighted by molar-refractivity contribution is 7.85. The van der Waals surface area contributed by atoms with Crippen molar-refractivity contribution < 1.29 is 26.9 Å². The van der Waals surface area contributed by atoms with Gasteiger partial charge in [-0.05, 0) is 46.7 Å². The molecule has 30 heavy (non-hydrogen) atoms. The molecule has 1 saturated heterocycles. The van der Waals surface area contributed by atoms with E-state index in [2.05, 4.69) is 0 Å². The number of benzene rings is 3. The van der Waals surface area contributed by atoms with Crippen molar-refractivity contribution in [3.63, 3.8) is 0 Å². The number of alkyl halides is 3. The summed E-state index contributed by atoms with van der Waals surface area (Å²) in [6.07, 6.45) is -3.68. The topological polar surface area (TPSA) is 35.5 Å². The lowest BCUT2D eigenvalue weighted by Gasteiger charge is -2.37. The molecule has 7 heteroatoms. The fraction of sp³-hybridized carbons (Fsp3) is 0.304. The van der Waals surface area contributed by atoms with Crippen LogP contribution in [0.4, 0.5) is 13.2 Å². The Balaban J connectivity index is 1.82. The first-order chi connectivity index (χ1) is 14.3. The molecule has 4 rings (SSSR count). The Kier molecular flexibility index (Phi) is 5.70. The quantitative estimate of drug-likeness (QED) is 0.530. The van der Waals surface area contributed by atoms with Gasteiger partial charge in [-0.15, -0.1) is 0 Å². The van der Waals surface area contributed by atoms with E-state index >= 15 is 0 Å². The minimum absolute atomic E-state index is 0.109. The second kappa shape index (κ2) is 8.13. The molecule has 3 aromatic rings. The van der Waals surface area contributed by atoms with Gasteiger partial charge in [0.15, 0.2) is 0 Å². The maximum atomic E-state index is 13.7. The molecule has 1 aliphatic heterocycles.